The van der Waals surface area contributed by atoms with Crippen LogP contribution in [0.1, 0.15) is 13.8 Å². The molecule has 0 saturated carbocycles. The van der Waals surface area contributed by atoms with E-state index in [9.17, 15) is 0 Å². The lowest BCUT2D eigenvalue weighted by Gasteiger charge is -2.02. The number of ether oxygens (including phenoxy) is 1. The lowest BCUT2D eigenvalue weighted by Crippen LogP contribution is -1.96. The molecule has 1 aromatic rings. The average Bonchev–Trinajstić information content (AvgIpc) is 2.20. The lowest BCUT2D eigenvalue weighted by atomic mass is 10.3. The Labute approximate surface area is 96.7 Å². The maximum Gasteiger partial charge on any atom is 0.119 e. The second-order valence-corrected chi connectivity index (χ2v) is 3.70. The molecule has 0 unspecified atom stereocenters. The number of rotatable bonds is 3. The van der Waals surface area contributed by atoms with Crippen LogP contribution < -0.4 is 4.74 Å². The second kappa shape index (κ2) is 8.57. The highest BCUT2D eigenvalue weighted by atomic mass is 79.9. The summed E-state index contributed by atoms with van der Waals surface area (Å²) in [6.45, 7) is 4.71. The fraction of sp³-hybridized carbons (Fsp3) is 0.400. The van der Waals surface area contributed by atoms with Crippen LogP contribution in [-0.4, -0.2) is 11.9 Å². The number of alkyl halides is 1. The molecule has 0 radical (unpaired) electrons. The van der Waals surface area contributed by atoms with Gasteiger partial charge in [-0.1, -0.05) is 45.7 Å². The van der Waals surface area contributed by atoms with Crippen LogP contribution in [0.2, 0.25) is 0 Å². The molecule has 0 aliphatic rings. The van der Waals surface area contributed by atoms with Crippen molar-refractivity contribution < 1.29 is 4.74 Å². The number of benzene rings is 1. The maximum atomic E-state index is 5.34. The molecule has 0 heterocycles. The molecule has 0 saturated heterocycles. The Morgan fingerprint density at radius 2 is 1.69 bits per heavy atom. The van der Waals surface area contributed by atoms with Crippen molar-refractivity contribution in [3.63, 3.8) is 0 Å². The molecule has 1 nitrogen and oxygen atoms in total. The zero-order chi connectivity index (χ0) is 10.1. The number of hydrogen-bond acceptors (Lipinski definition) is 1. The van der Waals surface area contributed by atoms with Crippen molar-refractivity contribution in [3.05, 3.63) is 28.7 Å². The normalized spacial score (nSPS) is 8.62. The van der Waals surface area contributed by atoms with Gasteiger partial charge in [-0.3, -0.25) is 0 Å². The summed E-state index contributed by atoms with van der Waals surface area (Å²) < 4.78 is 6.42. The lowest BCUT2D eigenvalue weighted by molar-refractivity contribution is 0.345. The third-order valence-electron chi connectivity index (χ3n) is 1.16. The van der Waals surface area contributed by atoms with Gasteiger partial charge in [-0.25, -0.2) is 0 Å². The Hall–Kier alpha value is -0.0200. The van der Waals surface area contributed by atoms with Gasteiger partial charge in [0.1, 0.15) is 5.75 Å². The van der Waals surface area contributed by atoms with E-state index in [2.05, 4.69) is 31.9 Å². The third-order valence-corrected chi connectivity index (χ3v) is 2.01. The molecule has 3 heteroatoms. The Bertz CT molecular complexity index is 209. The minimum absolute atomic E-state index is 0.710. The molecule has 13 heavy (non-hydrogen) atoms. The van der Waals surface area contributed by atoms with Crippen molar-refractivity contribution in [2.24, 2.45) is 0 Å². The largest absolute Gasteiger partial charge is 0.493 e. The highest BCUT2D eigenvalue weighted by molar-refractivity contribution is 9.10. The first-order chi connectivity index (χ1) is 6.33. The van der Waals surface area contributed by atoms with Crippen LogP contribution in [0.15, 0.2) is 28.7 Å². The molecule has 0 amide bonds. The summed E-state index contributed by atoms with van der Waals surface area (Å²) >= 11 is 6.64. The van der Waals surface area contributed by atoms with Gasteiger partial charge in [0.15, 0.2) is 0 Å². The van der Waals surface area contributed by atoms with Gasteiger partial charge in [0.25, 0.3) is 0 Å². The van der Waals surface area contributed by atoms with Crippen LogP contribution in [-0.2, 0) is 0 Å². The van der Waals surface area contributed by atoms with Gasteiger partial charge < -0.3 is 4.74 Å². The maximum absolute atomic E-state index is 5.34. The molecular formula is C10H14Br2O. The summed E-state index contributed by atoms with van der Waals surface area (Å²) in [4.78, 5) is 0. The van der Waals surface area contributed by atoms with E-state index in [4.69, 9.17) is 4.74 Å². The smallest absolute Gasteiger partial charge is 0.119 e. The first kappa shape index (κ1) is 13.0. The Kier molecular flexibility index (Phi) is 8.56. The summed E-state index contributed by atoms with van der Waals surface area (Å²) in [5.41, 5.74) is 0. The minimum Gasteiger partial charge on any atom is -0.493 e. The molecule has 1 rings (SSSR count). The van der Waals surface area contributed by atoms with Crippen molar-refractivity contribution in [3.8, 4) is 5.75 Å². The minimum atomic E-state index is 0.710. The van der Waals surface area contributed by atoms with Crippen molar-refractivity contribution in [1.82, 2.24) is 0 Å². The molecule has 0 bridgehead atoms. The van der Waals surface area contributed by atoms with E-state index in [1.807, 2.05) is 38.1 Å². The molecule has 0 fully saturated rings. The van der Waals surface area contributed by atoms with E-state index in [0.717, 1.165) is 15.6 Å². The molecule has 0 aliphatic carbocycles. The summed E-state index contributed by atoms with van der Waals surface area (Å²) in [5.74, 6) is 0.910. The average molecular weight is 310 g/mol. The summed E-state index contributed by atoms with van der Waals surface area (Å²) in [5, 5.41) is 0.864. The number of halogens is 2. The van der Waals surface area contributed by atoms with Gasteiger partial charge in [-0.15, -0.1) is 0 Å². The fourth-order valence-electron chi connectivity index (χ4n) is 0.687. The van der Waals surface area contributed by atoms with Gasteiger partial charge in [-0.05, 0) is 24.3 Å². The molecule has 1 aromatic carbocycles. The van der Waals surface area contributed by atoms with Crippen LogP contribution in [0.3, 0.4) is 0 Å². The van der Waals surface area contributed by atoms with Crippen LogP contribution in [0.25, 0.3) is 0 Å². The zero-order valence-corrected chi connectivity index (χ0v) is 11.1. The summed E-state index contributed by atoms with van der Waals surface area (Å²) in [7, 11) is 0. The highest BCUT2D eigenvalue weighted by Gasteiger charge is 1.90. The van der Waals surface area contributed by atoms with Gasteiger partial charge in [0, 0.05) is 9.80 Å². The standard InChI is InChI=1S/C8H8Br2O.C2H6/c9-5-6-11-8-3-1-7(10)2-4-8;1-2/h1-4H,5-6H2;1-2H3. The van der Waals surface area contributed by atoms with E-state index >= 15 is 0 Å². The first-order valence-electron chi connectivity index (χ1n) is 4.27. The summed E-state index contributed by atoms with van der Waals surface area (Å²) in [6, 6.07) is 7.80. The predicted molar refractivity (Wildman–Crippen MR) is 64.8 cm³/mol. The van der Waals surface area contributed by atoms with Gasteiger partial charge in [0.05, 0.1) is 6.61 Å². The SMILES string of the molecule is BrCCOc1ccc(Br)cc1.CC. The van der Waals surface area contributed by atoms with E-state index in [0.29, 0.717) is 6.61 Å². The zero-order valence-electron chi connectivity index (χ0n) is 7.89. The fourth-order valence-corrected chi connectivity index (χ4v) is 1.11. The van der Waals surface area contributed by atoms with E-state index in [-0.39, 0.29) is 0 Å². The monoisotopic (exact) mass is 308 g/mol. The van der Waals surface area contributed by atoms with Crippen LogP contribution in [0, 0.1) is 0 Å². The highest BCUT2D eigenvalue weighted by Crippen LogP contribution is 2.15. The molecule has 0 N–H and O–H groups in total. The Morgan fingerprint density at radius 1 is 1.15 bits per heavy atom. The quantitative estimate of drug-likeness (QED) is 0.759. The second-order valence-electron chi connectivity index (χ2n) is 1.99. The Morgan fingerprint density at radius 3 is 2.15 bits per heavy atom. The number of hydrogen-bond donors (Lipinski definition) is 0. The predicted octanol–water partition coefficient (Wildman–Crippen LogP) is 4.25. The first-order valence-corrected chi connectivity index (χ1v) is 6.18. The Balaban J connectivity index is 0.000000671. The van der Waals surface area contributed by atoms with Crippen molar-refractivity contribution in [1.29, 1.82) is 0 Å². The third kappa shape index (κ3) is 6.11. The van der Waals surface area contributed by atoms with Crippen molar-refractivity contribution in [2.75, 3.05) is 11.9 Å². The van der Waals surface area contributed by atoms with Crippen LogP contribution in [0.5, 0.6) is 5.75 Å². The van der Waals surface area contributed by atoms with Crippen molar-refractivity contribution >= 4 is 31.9 Å². The van der Waals surface area contributed by atoms with E-state index < -0.39 is 0 Å². The van der Waals surface area contributed by atoms with Crippen LogP contribution >= 0.6 is 31.9 Å². The molecule has 0 spiro atoms. The topological polar surface area (TPSA) is 9.23 Å². The molecule has 0 aromatic heterocycles. The summed E-state index contributed by atoms with van der Waals surface area (Å²) in [6.07, 6.45) is 0. The van der Waals surface area contributed by atoms with E-state index in [1.54, 1.807) is 0 Å². The van der Waals surface area contributed by atoms with E-state index in [1.165, 1.54) is 0 Å². The van der Waals surface area contributed by atoms with Gasteiger partial charge in [-0.2, -0.15) is 0 Å². The molecule has 0 atom stereocenters. The molecule has 0 aliphatic heterocycles. The van der Waals surface area contributed by atoms with Crippen LogP contribution in [0.4, 0.5) is 0 Å². The van der Waals surface area contributed by atoms with Gasteiger partial charge in [0.2, 0.25) is 0 Å². The molecular weight excluding hydrogens is 296 g/mol. The van der Waals surface area contributed by atoms with Crippen molar-refractivity contribution in [2.45, 2.75) is 13.8 Å². The molecule has 74 valence electrons. The van der Waals surface area contributed by atoms with Gasteiger partial charge >= 0.3 is 0 Å².